The molecule has 1 atom stereocenters. The van der Waals surface area contributed by atoms with Crippen molar-refractivity contribution in [3.8, 4) is 0 Å². The second kappa shape index (κ2) is 7.77. The lowest BCUT2D eigenvalue weighted by Crippen LogP contribution is -2.46. The first kappa shape index (κ1) is 16.2. The molecule has 0 spiro atoms. The summed E-state index contributed by atoms with van der Waals surface area (Å²) in [4.78, 5) is 26.7. The SMILES string of the molecule is O=C(OCC1CCCCN1C(=O)c1ccccc1)c1ccccc1. The second-order valence-electron chi connectivity index (χ2n) is 5.98. The first-order valence-electron chi connectivity index (χ1n) is 8.34. The van der Waals surface area contributed by atoms with Crippen molar-refractivity contribution in [1.29, 1.82) is 0 Å². The summed E-state index contributed by atoms with van der Waals surface area (Å²) in [6.45, 7) is 0.952. The summed E-state index contributed by atoms with van der Waals surface area (Å²) in [5.41, 5.74) is 1.22. The number of likely N-dealkylation sites (tertiary alicyclic amines) is 1. The smallest absolute Gasteiger partial charge is 0.338 e. The van der Waals surface area contributed by atoms with Crippen LogP contribution < -0.4 is 0 Å². The van der Waals surface area contributed by atoms with Crippen LogP contribution in [0.4, 0.5) is 0 Å². The van der Waals surface area contributed by atoms with Gasteiger partial charge in [0.15, 0.2) is 0 Å². The fourth-order valence-electron chi connectivity index (χ4n) is 3.02. The Hall–Kier alpha value is -2.62. The molecular weight excluding hydrogens is 302 g/mol. The number of carbonyl (C=O) groups is 2. The van der Waals surface area contributed by atoms with Crippen molar-refractivity contribution in [2.24, 2.45) is 0 Å². The lowest BCUT2D eigenvalue weighted by Gasteiger charge is -2.35. The van der Waals surface area contributed by atoms with Crippen molar-refractivity contribution in [1.82, 2.24) is 4.90 Å². The van der Waals surface area contributed by atoms with Gasteiger partial charge in [0.1, 0.15) is 6.61 Å². The molecule has 24 heavy (non-hydrogen) atoms. The minimum atomic E-state index is -0.340. The number of piperidine rings is 1. The average molecular weight is 323 g/mol. The van der Waals surface area contributed by atoms with Crippen LogP contribution in [0.5, 0.6) is 0 Å². The lowest BCUT2D eigenvalue weighted by molar-refractivity contribution is 0.0251. The first-order chi connectivity index (χ1) is 11.8. The van der Waals surface area contributed by atoms with E-state index >= 15 is 0 Å². The molecule has 0 N–H and O–H groups in total. The average Bonchev–Trinajstić information content (AvgIpc) is 2.67. The van der Waals surface area contributed by atoms with Crippen LogP contribution in [-0.4, -0.2) is 36.0 Å². The van der Waals surface area contributed by atoms with Crippen molar-refractivity contribution in [3.63, 3.8) is 0 Å². The molecule has 0 saturated carbocycles. The van der Waals surface area contributed by atoms with Crippen LogP contribution in [0.25, 0.3) is 0 Å². The van der Waals surface area contributed by atoms with E-state index < -0.39 is 0 Å². The molecule has 0 aliphatic carbocycles. The van der Waals surface area contributed by atoms with Crippen LogP contribution in [-0.2, 0) is 4.74 Å². The highest BCUT2D eigenvalue weighted by Crippen LogP contribution is 2.20. The predicted molar refractivity (Wildman–Crippen MR) is 91.8 cm³/mol. The maximum absolute atomic E-state index is 12.7. The third-order valence-electron chi connectivity index (χ3n) is 4.33. The lowest BCUT2D eigenvalue weighted by atomic mass is 10.0. The molecule has 0 bridgehead atoms. The third-order valence-corrected chi connectivity index (χ3v) is 4.33. The van der Waals surface area contributed by atoms with E-state index in [0.717, 1.165) is 19.3 Å². The zero-order valence-corrected chi connectivity index (χ0v) is 13.6. The van der Waals surface area contributed by atoms with Gasteiger partial charge < -0.3 is 9.64 Å². The summed E-state index contributed by atoms with van der Waals surface area (Å²) in [5.74, 6) is -0.329. The van der Waals surface area contributed by atoms with Gasteiger partial charge >= 0.3 is 5.97 Å². The Labute approximate surface area is 142 Å². The van der Waals surface area contributed by atoms with Crippen LogP contribution in [0.3, 0.4) is 0 Å². The molecule has 4 nitrogen and oxygen atoms in total. The monoisotopic (exact) mass is 323 g/mol. The Bertz CT molecular complexity index is 685. The Morgan fingerprint density at radius 3 is 2.21 bits per heavy atom. The van der Waals surface area contributed by atoms with E-state index in [1.165, 1.54) is 0 Å². The Morgan fingerprint density at radius 1 is 0.917 bits per heavy atom. The second-order valence-corrected chi connectivity index (χ2v) is 5.98. The van der Waals surface area contributed by atoms with Crippen molar-refractivity contribution in [2.45, 2.75) is 25.3 Å². The van der Waals surface area contributed by atoms with Crippen LogP contribution in [0, 0.1) is 0 Å². The normalized spacial score (nSPS) is 17.3. The van der Waals surface area contributed by atoms with E-state index in [1.807, 2.05) is 53.4 Å². The van der Waals surface area contributed by atoms with E-state index in [-0.39, 0.29) is 24.5 Å². The maximum atomic E-state index is 12.7. The zero-order chi connectivity index (χ0) is 16.8. The van der Waals surface area contributed by atoms with Gasteiger partial charge in [0.25, 0.3) is 5.91 Å². The summed E-state index contributed by atoms with van der Waals surface area (Å²) < 4.78 is 5.45. The van der Waals surface area contributed by atoms with Crippen molar-refractivity contribution in [2.75, 3.05) is 13.2 Å². The number of esters is 1. The largest absolute Gasteiger partial charge is 0.460 e. The van der Waals surface area contributed by atoms with Crippen molar-refractivity contribution >= 4 is 11.9 Å². The minimum absolute atomic E-state index is 0.0102. The Morgan fingerprint density at radius 2 is 1.54 bits per heavy atom. The maximum Gasteiger partial charge on any atom is 0.338 e. The molecule has 124 valence electrons. The van der Waals surface area contributed by atoms with Gasteiger partial charge in [-0.25, -0.2) is 4.79 Å². The molecular formula is C20H21NO3. The summed E-state index contributed by atoms with van der Waals surface area (Å²) >= 11 is 0. The Balaban J connectivity index is 1.64. The summed E-state index contributed by atoms with van der Waals surface area (Å²) in [5, 5.41) is 0. The van der Waals surface area contributed by atoms with E-state index in [2.05, 4.69) is 0 Å². The highest BCUT2D eigenvalue weighted by molar-refractivity contribution is 5.94. The quantitative estimate of drug-likeness (QED) is 0.809. The number of rotatable bonds is 4. The number of benzene rings is 2. The van der Waals surface area contributed by atoms with E-state index in [4.69, 9.17) is 4.74 Å². The van der Waals surface area contributed by atoms with E-state index in [1.54, 1.807) is 12.1 Å². The fourth-order valence-corrected chi connectivity index (χ4v) is 3.02. The molecule has 1 heterocycles. The number of ether oxygens (including phenoxy) is 1. The van der Waals surface area contributed by atoms with Crippen LogP contribution in [0.1, 0.15) is 40.0 Å². The molecule has 0 radical (unpaired) electrons. The van der Waals surface area contributed by atoms with Crippen molar-refractivity contribution in [3.05, 3.63) is 71.8 Å². The zero-order valence-electron chi connectivity index (χ0n) is 13.6. The highest BCUT2D eigenvalue weighted by Gasteiger charge is 2.28. The van der Waals surface area contributed by atoms with Gasteiger partial charge in [0, 0.05) is 12.1 Å². The molecule has 1 aliphatic heterocycles. The molecule has 1 unspecified atom stereocenters. The Kier molecular flexibility index (Phi) is 5.26. The summed E-state index contributed by atoms with van der Waals surface area (Å²) in [6, 6.07) is 18.2. The highest BCUT2D eigenvalue weighted by atomic mass is 16.5. The molecule has 0 aromatic heterocycles. The molecule has 1 amide bonds. The first-order valence-corrected chi connectivity index (χ1v) is 8.34. The van der Waals surface area contributed by atoms with Gasteiger partial charge in [0.05, 0.1) is 11.6 Å². The molecule has 4 heteroatoms. The molecule has 1 saturated heterocycles. The number of hydrogen-bond acceptors (Lipinski definition) is 3. The van der Waals surface area contributed by atoms with Gasteiger partial charge in [-0.15, -0.1) is 0 Å². The molecule has 1 fully saturated rings. The topological polar surface area (TPSA) is 46.6 Å². The standard InChI is InChI=1S/C20H21NO3/c22-19(16-9-3-1-4-10-16)21-14-8-7-13-18(21)15-24-20(23)17-11-5-2-6-12-17/h1-6,9-12,18H,7-8,13-15H2. The van der Waals surface area contributed by atoms with Gasteiger partial charge in [-0.3, -0.25) is 4.79 Å². The van der Waals surface area contributed by atoms with E-state index in [0.29, 0.717) is 17.7 Å². The van der Waals surface area contributed by atoms with Gasteiger partial charge in [0.2, 0.25) is 0 Å². The molecule has 3 rings (SSSR count). The number of nitrogens with zero attached hydrogens (tertiary/aromatic N) is 1. The molecule has 2 aromatic carbocycles. The van der Waals surface area contributed by atoms with Gasteiger partial charge in [-0.05, 0) is 43.5 Å². The fraction of sp³-hybridized carbons (Fsp3) is 0.300. The summed E-state index contributed by atoms with van der Waals surface area (Å²) in [7, 11) is 0. The number of carbonyl (C=O) groups excluding carboxylic acids is 2. The van der Waals surface area contributed by atoms with Crippen LogP contribution in [0.2, 0.25) is 0 Å². The van der Waals surface area contributed by atoms with Crippen LogP contribution >= 0.6 is 0 Å². The molecule has 1 aliphatic rings. The summed E-state index contributed by atoms with van der Waals surface area (Å²) in [6.07, 6.45) is 2.90. The van der Waals surface area contributed by atoms with Crippen LogP contribution in [0.15, 0.2) is 60.7 Å². The number of amides is 1. The predicted octanol–water partition coefficient (Wildman–Crippen LogP) is 3.54. The molecule has 2 aromatic rings. The van der Waals surface area contributed by atoms with E-state index in [9.17, 15) is 9.59 Å². The minimum Gasteiger partial charge on any atom is -0.460 e. The van der Waals surface area contributed by atoms with Crippen molar-refractivity contribution < 1.29 is 14.3 Å². The van der Waals surface area contributed by atoms with Gasteiger partial charge in [-0.1, -0.05) is 36.4 Å². The third kappa shape index (κ3) is 3.82. The number of hydrogen-bond donors (Lipinski definition) is 0. The van der Waals surface area contributed by atoms with Gasteiger partial charge in [-0.2, -0.15) is 0 Å².